The van der Waals surface area contributed by atoms with Crippen LogP contribution in [0.25, 0.3) is 0 Å². The van der Waals surface area contributed by atoms with Crippen LogP contribution in [0.15, 0.2) is 18.5 Å². The molecule has 3 aliphatic rings. The molecule has 2 aliphatic heterocycles. The Labute approximate surface area is 209 Å². The summed E-state index contributed by atoms with van der Waals surface area (Å²) in [6.45, 7) is 9.23. The zero-order chi connectivity index (χ0) is 25.7. The van der Waals surface area contributed by atoms with Gasteiger partial charge in [0.05, 0.1) is 13.2 Å². The minimum atomic E-state index is -0.782. The van der Waals surface area contributed by atoms with Gasteiger partial charge in [0.2, 0.25) is 5.82 Å². The fourth-order valence-corrected chi connectivity index (χ4v) is 4.93. The number of amides is 1. The molecular weight excluding hydrogens is 470 g/mol. The number of hydrogen-bond acceptors (Lipinski definition) is 7. The minimum Gasteiger partial charge on any atom is -0.468 e. The summed E-state index contributed by atoms with van der Waals surface area (Å²) in [6.07, 6.45) is 2.70. The number of carbonyl (C=O) groups excluding carboxylic acids is 1. The van der Waals surface area contributed by atoms with Crippen molar-refractivity contribution < 1.29 is 27.8 Å². The Morgan fingerprint density at radius 1 is 1.14 bits per heavy atom. The Balaban J connectivity index is 1.30. The average molecular weight is 503 g/mol. The Kier molecular flexibility index (Phi) is 6.26. The van der Waals surface area contributed by atoms with E-state index in [9.17, 15) is 9.18 Å². The first-order valence-electron chi connectivity index (χ1n) is 12.3. The number of benzene rings is 1. The van der Waals surface area contributed by atoms with Crippen LogP contribution in [0.4, 0.5) is 19.4 Å². The van der Waals surface area contributed by atoms with Crippen molar-refractivity contribution >= 4 is 11.9 Å². The fraction of sp³-hybridized carbons (Fsp3) is 0.577. The Hall–Kier alpha value is -3.01. The Bertz CT molecular complexity index is 1160. The molecule has 8 nitrogen and oxygen atoms in total. The molecule has 2 unspecified atom stereocenters. The minimum absolute atomic E-state index is 0.00470. The number of ether oxygens (including phenoxy) is 3. The molecule has 5 rings (SSSR count). The van der Waals surface area contributed by atoms with E-state index in [0.717, 1.165) is 24.0 Å². The van der Waals surface area contributed by atoms with Crippen molar-refractivity contribution in [3.05, 3.63) is 46.8 Å². The van der Waals surface area contributed by atoms with Gasteiger partial charge in [-0.25, -0.2) is 14.2 Å². The number of rotatable bonds is 6. The lowest BCUT2D eigenvalue weighted by molar-refractivity contribution is -0.166. The predicted molar refractivity (Wildman–Crippen MR) is 128 cm³/mol. The first kappa shape index (κ1) is 24.7. The van der Waals surface area contributed by atoms with Crippen molar-refractivity contribution in [1.29, 1.82) is 0 Å². The topological polar surface area (TPSA) is 85.8 Å². The summed E-state index contributed by atoms with van der Waals surface area (Å²) < 4.78 is 46.9. The number of anilines is 1. The molecule has 10 heteroatoms. The quantitative estimate of drug-likeness (QED) is 0.627. The van der Waals surface area contributed by atoms with E-state index < -0.39 is 11.4 Å². The second-order valence-corrected chi connectivity index (χ2v) is 10.6. The molecule has 2 bridgehead atoms. The third-order valence-electron chi connectivity index (χ3n) is 8.04. The van der Waals surface area contributed by atoms with Crippen molar-refractivity contribution in [3.8, 4) is 5.88 Å². The molecule has 2 aromatic rings. The second-order valence-electron chi connectivity index (χ2n) is 10.6. The number of halogens is 2. The van der Waals surface area contributed by atoms with Gasteiger partial charge in [0.15, 0.2) is 5.82 Å². The Morgan fingerprint density at radius 2 is 1.83 bits per heavy atom. The first-order chi connectivity index (χ1) is 17.1. The van der Waals surface area contributed by atoms with Crippen molar-refractivity contribution in [3.63, 3.8) is 0 Å². The van der Waals surface area contributed by atoms with Gasteiger partial charge in [0.1, 0.15) is 23.3 Å². The molecule has 3 fully saturated rings. The van der Waals surface area contributed by atoms with Crippen LogP contribution in [0, 0.1) is 37.3 Å². The Morgan fingerprint density at radius 3 is 2.50 bits per heavy atom. The van der Waals surface area contributed by atoms with Crippen LogP contribution in [0.5, 0.6) is 5.88 Å². The standard InChI is InChI=1S/C26H32F2N4O4/c1-15-16(2)20(27)6-5-17(15)9-29-22-21(28)23(31-14-30-22)35-26(4)18-10-32(11-19(26)13-34-12-18)24(33)36-25(3)7-8-25/h5-6,14,18-19H,7-13H2,1-4H3,(H,29,30,31). The van der Waals surface area contributed by atoms with E-state index in [2.05, 4.69) is 15.3 Å². The number of fused-ring (bicyclic) bond motifs is 2. The molecule has 1 aromatic heterocycles. The van der Waals surface area contributed by atoms with Crippen LogP contribution in [0.2, 0.25) is 0 Å². The number of aromatic nitrogens is 2. The molecule has 1 aromatic carbocycles. The van der Waals surface area contributed by atoms with Gasteiger partial charge in [0, 0.05) is 31.5 Å². The van der Waals surface area contributed by atoms with E-state index in [1.165, 1.54) is 12.4 Å². The van der Waals surface area contributed by atoms with Gasteiger partial charge in [-0.15, -0.1) is 0 Å². The average Bonchev–Trinajstić information content (AvgIpc) is 3.55. The summed E-state index contributed by atoms with van der Waals surface area (Å²) in [4.78, 5) is 22.5. The maximum absolute atomic E-state index is 15.4. The van der Waals surface area contributed by atoms with Gasteiger partial charge in [-0.3, -0.25) is 0 Å². The van der Waals surface area contributed by atoms with E-state index in [-0.39, 0.29) is 47.6 Å². The molecular formula is C26H32F2N4O4. The van der Waals surface area contributed by atoms with Gasteiger partial charge < -0.3 is 24.4 Å². The number of hydrogen-bond donors (Lipinski definition) is 1. The highest BCUT2D eigenvalue weighted by molar-refractivity contribution is 5.69. The fourth-order valence-electron chi connectivity index (χ4n) is 4.93. The summed E-state index contributed by atoms with van der Waals surface area (Å²) in [6, 6.07) is 3.07. The highest BCUT2D eigenvalue weighted by Crippen LogP contribution is 2.43. The van der Waals surface area contributed by atoms with Gasteiger partial charge >= 0.3 is 6.09 Å². The number of piperidine rings is 1. The second kappa shape index (κ2) is 9.14. The van der Waals surface area contributed by atoms with Crippen LogP contribution >= 0.6 is 0 Å². The third kappa shape index (κ3) is 4.58. The van der Waals surface area contributed by atoms with Crippen LogP contribution in [-0.2, 0) is 16.0 Å². The normalized spacial score (nSPS) is 26.3. The smallest absolute Gasteiger partial charge is 0.410 e. The van der Waals surface area contributed by atoms with Gasteiger partial charge in [-0.2, -0.15) is 9.37 Å². The zero-order valence-electron chi connectivity index (χ0n) is 21.1. The van der Waals surface area contributed by atoms with E-state index in [0.29, 0.717) is 31.9 Å². The van der Waals surface area contributed by atoms with Crippen LogP contribution in [-0.4, -0.2) is 58.5 Å². The summed E-state index contributed by atoms with van der Waals surface area (Å²) in [5.41, 5.74) is 1.07. The molecule has 0 spiro atoms. The lowest BCUT2D eigenvalue weighted by Gasteiger charge is -2.52. The number of carbonyl (C=O) groups is 1. The first-order valence-corrected chi connectivity index (χ1v) is 12.3. The predicted octanol–water partition coefficient (Wildman–Crippen LogP) is 4.39. The van der Waals surface area contributed by atoms with E-state index in [1.807, 2.05) is 20.8 Å². The van der Waals surface area contributed by atoms with Crippen molar-refractivity contribution in [2.24, 2.45) is 11.8 Å². The summed E-state index contributed by atoms with van der Waals surface area (Å²) >= 11 is 0. The SMILES string of the molecule is Cc1c(F)ccc(CNc2ncnc(OC3(C)C4COCC3CN(C(=O)OC3(C)CC3)C4)c2F)c1C. The van der Waals surface area contributed by atoms with Gasteiger partial charge in [0.25, 0.3) is 5.88 Å². The van der Waals surface area contributed by atoms with Crippen molar-refractivity contribution in [2.45, 2.75) is 58.3 Å². The lowest BCUT2D eigenvalue weighted by atomic mass is 9.73. The maximum atomic E-state index is 15.4. The van der Waals surface area contributed by atoms with Gasteiger partial charge in [-0.1, -0.05) is 6.07 Å². The van der Waals surface area contributed by atoms with Crippen molar-refractivity contribution in [1.82, 2.24) is 14.9 Å². The molecule has 0 radical (unpaired) electrons. The van der Waals surface area contributed by atoms with E-state index in [4.69, 9.17) is 14.2 Å². The molecule has 36 heavy (non-hydrogen) atoms. The zero-order valence-corrected chi connectivity index (χ0v) is 21.1. The molecule has 1 amide bonds. The lowest BCUT2D eigenvalue weighted by Crippen LogP contribution is -2.65. The molecule has 1 aliphatic carbocycles. The van der Waals surface area contributed by atoms with Gasteiger partial charge in [-0.05, 0) is 63.3 Å². The monoisotopic (exact) mass is 502 g/mol. The third-order valence-corrected chi connectivity index (χ3v) is 8.04. The number of nitrogens with zero attached hydrogens (tertiary/aromatic N) is 3. The molecule has 2 atom stereocenters. The highest BCUT2D eigenvalue weighted by Gasteiger charge is 2.54. The molecule has 3 heterocycles. The van der Waals surface area contributed by atoms with E-state index >= 15 is 4.39 Å². The van der Waals surface area contributed by atoms with Crippen LogP contribution in [0.1, 0.15) is 43.4 Å². The summed E-state index contributed by atoms with van der Waals surface area (Å²) in [5, 5.41) is 2.98. The summed E-state index contributed by atoms with van der Waals surface area (Å²) in [7, 11) is 0. The maximum Gasteiger partial charge on any atom is 0.410 e. The number of nitrogens with one attached hydrogen (secondary N) is 1. The summed E-state index contributed by atoms with van der Waals surface area (Å²) in [5.74, 6) is -1.48. The molecule has 2 saturated heterocycles. The molecule has 1 N–H and O–H groups in total. The van der Waals surface area contributed by atoms with E-state index in [1.54, 1.807) is 17.9 Å². The van der Waals surface area contributed by atoms with Crippen LogP contribution in [0.3, 0.4) is 0 Å². The largest absolute Gasteiger partial charge is 0.468 e. The van der Waals surface area contributed by atoms with Crippen molar-refractivity contribution in [2.75, 3.05) is 31.6 Å². The highest BCUT2D eigenvalue weighted by atomic mass is 19.1. The molecule has 194 valence electrons. The van der Waals surface area contributed by atoms with Crippen LogP contribution < -0.4 is 10.1 Å². The number of likely N-dealkylation sites (tertiary alicyclic amines) is 1. The molecule has 1 saturated carbocycles.